The molecule has 4 nitrogen and oxygen atoms in total. The van der Waals surface area contributed by atoms with Crippen LogP contribution >= 0.6 is 0 Å². The second kappa shape index (κ2) is 16.1. The number of aromatic hydroxyl groups is 1. The fraction of sp³-hybridized carbons (Fsp3) is 0.720. The second-order valence-corrected chi connectivity index (χ2v) is 8.67. The summed E-state index contributed by atoms with van der Waals surface area (Å²) in [5.41, 5.74) is 5.29. The number of rotatable bonds is 18. The van der Waals surface area contributed by atoms with Crippen molar-refractivity contribution >= 4 is 5.91 Å². The molecule has 0 bridgehead atoms. The molecule has 0 aliphatic carbocycles. The van der Waals surface area contributed by atoms with E-state index in [9.17, 15) is 9.90 Å². The maximum atomic E-state index is 11.1. The molecule has 1 rings (SSSR count). The van der Waals surface area contributed by atoms with Crippen molar-refractivity contribution in [3.8, 4) is 11.5 Å². The maximum absolute atomic E-state index is 11.1. The lowest BCUT2D eigenvalue weighted by Gasteiger charge is -2.08. The quantitative estimate of drug-likeness (QED) is 0.259. The van der Waals surface area contributed by atoms with Crippen molar-refractivity contribution in [3.63, 3.8) is 0 Å². The summed E-state index contributed by atoms with van der Waals surface area (Å²) in [5.74, 6) is 0.679. The van der Waals surface area contributed by atoms with Gasteiger partial charge in [-0.25, -0.2) is 0 Å². The number of hydrogen-bond donors (Lipinski definition) is 2. The zero-order valence-corrected chi connectivity index (χ0v) is 18.8. The summed E-state index contributed by atoms with van der Waals surface area (Å²) in [7, 11) is 0. The van der Waals surface area contributed by atoms with Crippen molar-refractivity contribution in [2.45, 2.75) is 104 Å². The summed E-state index contributed by atoms with van der Waals surface area (Å²) in [6.07, 6.45) is 18.7. The first kappa shape index (κ1) is 25.3. The van der Waals surface area contributed by atoms with Crippen molar-refractivity contribution in [2.75, 3.05) is 6.61 Å². The smallest absolute Gasteiger partial charge is 0.252 e. The molecule has 0 radical (unpaired) electrons. The van der Waals surface area contributed by atoms with Crippen LogP contribution in [-0.4, -0.2) is 17.6 Å². The second-order valence-electron chi connectivity index (χ2n) is 8.67. The van der Waals surface area contributed by atoms with Gasteiger partial charge in [0.15, 0.2) is 0 Å². The third-order valence-electron chi connectivity index (χ3n) is 5.43. The first-order valence-electron chi connectivity index (χ1n) is 11.8. The Morgan fingerprint density at radius 3 is 1.79 bits per heavy atom. The Kier molecular flexibility index (Phi) is 14.1. The van der Waals surface area contributed by atoms with Crippen LogP contribution in [0.5, 0.6) is 11.5 Å². The van der Waals surface area contributed by atoms with E-state index in [1.807, 2.05) is 0 Å². The molecular weight excluding hydrogens is 362 g/mol. The van der Waals surface area contributed by atoms with Gasteiger partial charge < -0.3 is 15.6 Å². The molecule has 0 heterocycles. The molecule has 0 aliphatic heterocycles. The Hall–Kier alpha value is -1.71. The minimum absolute atomic E-state index is 0.124. The zero-order valence-electron chi connectivity index (χ0n) is 18.8. The fourth-order valence-corrected chi connectivity index (χ4v) is 3.60. The zero-order chi connectivity index (χ0) is 21.3. The van der Waals surface area contributed by atoms with Gasteiger partial charge in [0.25, 0.3) is 5.91 Å². The van der Waals surface area contributed by atoms with Crippen LogP contribution in [0.2, 0.25) is 0 Å². The molecule has 0 unspecified atom stereocenters. The number of benzene rings is 1. The molecule has 0 atom stereocenters. The van der Waals surface area contributed by atoms with Gasteiger partial charge in [0.1, 0.15) is 11.5 Å². The average Bonchev–Trinajstić information content (AvgIpc) is 2.67. The number of phenols is 1. The highest BCUT2D eigenvalue weighted by Gasteiger charge is 2.08. The summed E-state index contributed by atoms with van der Waals surface area (Å²) >= 11 is 0. The van der Waals surface area contributed by atoms with Gasteiger partial charge in [-0.3, -0.25) is 4.79 Å². The molecule has 1 aromatic carbocycles. The number of carbonyl (C=O) groups excluding carboxylic acids is 1. The van der Waals surface area contributed by atoms with E-state index in [1.165, 1.54) is 95.6 Å². The molecular formula is C25H43NO3. The van der Waals surface area contributed by atoms with Crippen molar-refractivity contribution in [1.29, 1.82) is 0 Å². The Morgan fingerprint density at radius 1 is 0.862 bits per heavy atom. The van der Waals surface area contributed by atoms with E-state index in [0.29, 0.717) is 12.4 Å². The molecule has 1 amide bonds. The van der Waals surface area contributed by atoms with E-state index in [1.54, 1.807) is 6.07 Å². The minimum atomic E-state index is -0.633. The predicted molar refractivity (Wildman–Crippen MR) is 122 cm³/mol. The molecule has 1 aromatic rings. The van der Waals surface area contributed by atoms with E-state index in [2.05, 4.69) is 13.8 Å². The van der Waals surface area contributed by atoms with Crippen LogP contribution in [0.15, 0.2) is 18.2 Å². The summed E-state index contributed by atoms with van der Waals surface area (Å²) < 4.78 is 5.63. The average molecular weight is 406 g/mol. The summed E-state index contributed by atoms with van der Waals surface area (Å²) in [4.78, 5) is 11.1. The number of hydrogen-bond acceptors (Lipinski definition) is 3. The molecule has 166 valence electrons. The van der Waals surface area contributed by atoms with Crippen LogP contribution in [0.1, 0.15) is 114 Å². The third kappa shape index (κ3) is 13.2. The third-order valence-corrected chi connectivity index (χ3v) is 5.43. The molecule has 0 spiro atoms. The van der Waals surface area contributed by atoms with Gasteiger partial charge in [-0.2, -0.15) is 0 Å². The van der Waals surface area contributed by atoms with E-state index < -0.39 is 5.91 Å². The number of ether oxygens (including phenoxy) is 1. The van der Waals surface area contributed by atoms with Crippen LogP contribution < -0.4 is 10.5 Å². The normalized spacial score (nSPS) is 11.1. The lowest BCUT2D eigenvalue weighted by molar-refractivity contribution is 0.0997. The first-order valence-corrected chi connectivity index (χ1v) is 11.8. The van der Waals surface area contributed by atoms with Gasteiger partial charge in [-0.05, 0) is 24.5 Å². The molecule has 0 saturated carbocycles. The summed E-state index contributed by atoms with van der Waals surface area (Å²) in [6.45, 7) is 5.26. The highest BCUT2D eigenvalue weighted by molar-refractivity contribution is 5.95. The van der Waals surface area contributed by atoms with Crippen molar-refractivity contribution in [1.82, 2.24) is 0 Å². The van der Waals surface area contributed by atoms with Gasteiger partial charge in [0.2, 0.25) is 0 Å². The molecule has 0 fully saturated rings. The molecule has 0 aliphatic rings. The lowest BCUT2D eigenvalue weighted by Crippen LogP contribution is -2.11. The van der Waals surface area contributed by atoms with Gasteiger partial charge >= 0.3 is 0 Å². The number of carbonyl (C=O) groups is 1. The van der Waals surface area contributed by atoms with Gasteiger partial charge in [-0.15, -0.1) is 0 Å². The topological polar surface area (TPSA) is 72.5 Å². The van der Waals surface area contributed by atoms with Crippen LogP contribution in [0.3, 0.4) is 0 Å². The van der Waals surface area contributed by atoms with E-state index >= 15 is 0 Å². The highest BCUT2D eigenvalue weighted by atomic mass is 16.5. The van der Waals surface area contributed by atoms with E-state index in [-0.39, 0.29) is 11.3 Å². The van der Waals surface area contributed by atoms with Crippen LogP contribution in [0, 0.1) is 5.92 Å². The largest absolute Gasteiger partial charge is 0.507 e. The Bertz CT molecular complexity index is 557. The van der Waals surface area contributed by atoms with Gasteiger partial charge in [0, 0.05) is 6.07 Å². The highest BCUT2D eigenvalue weighted by Crippen LogP contribution is 2.23. The maximum Gasteiger partial charge on any atom is 0.252 e. The van der Waals surface area contributed by atoms with E-state index in [0.717, 1.165) is 12.3 Å². The number of unbranched alkanes of at least 4 members (excludes halogenated alkanes) is 12. The first-order chi connectivity index (χ1) is 14.0. The molecule has 29 heavy (non-hydrogen) atoms. The monoisotopic (exact) mass is 405 g/mol. The minimum Gasteiger partial charge on any atom is -0.507 e. The number of nitrogens with two attached hydrogens (primary N) is 1. The van der Waals surface area contributed by atoms with Crippen LogP contribution in [-0.2, 0) is 0 Å². The molecule has 0 saturated heterocycles. The van der Waals surface area contributed by atoms with Crippen LogP contribution in [0.4, 0.5) is 0 Å². The summed E-state index contributed by atoms with van der Waals surface area (Å²) in [5, 5.41) is 9.72. The Morgan fingerprint density at radius 2 is 1.34 bits per heavy atom. The molecule has 3 N–H and O–H groups in total. The Labute approximate surface area is 178 Å². The SMILES string of the molecule is CC(C)CCCCCCCCCCCCCCCOc1ccc(C(N)=O)c(O)c1. The van der Waals surface area contributed by atoms with Crippen LogP contribution in [0.25, 0.3) is 0 Å². The number of primary amides is 1. The molecule has 4 heteroatoms. The van der Waals surface area contributed by atoms with Gasteiger partial charge in [0.05, 0.1) is 12.2 Å². The van der Waals surface area contributed by atoms with Crippen molar-refractivity contribution < 1.29 is 14.6 Å². The van der Waals surface area contributed by atoms with Gasteiger partial charge in [-0.1, -0.05) is 97.3 Å². The van der Waals surface area contributed by atoms with Crippen molar-refractivity contribution in [3.05, 3.63) is 23.8 Å². The fourth-order valence-electron chi connectivity index (χ4n) is 3.60. The Balaban J connectivity index is 1.86. The lowest BCUT2D eigenvalue weighted by atomic mass is 10.0. The summed E-state index contributed by atoms with van der Waals surface area (Å²) in [6, 6.07) is 4.62. The molecule has 0 aromatic heterocycles. The van der Waals surface area contributed by atoms with E-state index in [4.69, 9.17) is 10.5 Å². The predicted octanol–water partition coefficient (Wildman–Crippen LogP) is 6.99. The standard InChI is InChI=1S/C25H43NO3/c1-21(2)16-14-12-10-8-6-4-3-5-7-9-11-13-15-19-29-22-17-18-23(25(26)28)24(27)20-22/h17-18,20-21,27H,3-16,19H2,1-2H3,(H2,26,28). The number of amides is 1. The van der Waals surface area contributed by atoms with Crippen molar-refractivity contribution in [2.24, 2.45) is 11.7 Å².